The highest BCUT2D eigenvalue weighted by atomic mass is 35.5. The Labute approximate surface area is 127 Å². The maximum Gasteiger partial charge on any atom is 0.250 e. The number of rotatable bonds is 6. The molecule has 1 heterocycles. The molecule has 7 heteroatoms. The molecule has 0 radical (unpaired) electrons. The van der Waals surface area contributed by atoms with E-state index in [2.05, 4.69) is 4.72 Å². The summed E-state index contributed by atoms with van der Waals surface area (Å²) in [4.78, 5) is 0. The lowest BCUT2D eigenvalue weighted by molar-refractivity contribution is 0.414. The molecule has 1 aromatic heterocycles. The van der Waals surface area contributed by atoms with Crippen molar-refractivity contribution in [2.45, 2.75) is 10.6 Å². The molecule has 4 nitrogen and oxygen atoms in total. The van der Waals surface area contributed by atoms with Crippen molar-refractivity contribution in [3.8, 4) is 5.75 Å². The van der Waals surface area contributed by atoms with Crippen molar-refractivity contribution in [1.29, 1.82) is 0 Å². The van der Waals surface area contributed by atoms with Crippen LogP contribution < -0.4 is 9.46 Å². The van der Waals surface area contributed by atoms with Crippen molar-refractivity contribution in [1.82, 2.24) is 4.72 Å². The second-order valence-electron chi connectivity index (χ2n) is 4.05. The van der Waals surface area contributed by atoms with Gasteiger partial charge in [0.05, 0.1) is 11.4 Å². The third-order valence-corrected chi connectivity index (χ3v) is 5.86. The molecule has 0 amide bonds. The molecule has 1 aromatic carbocycles. The molecule has 0 atom stereocenters. The molecule has 0 spiro atoms. The van der Waals surface area contributed by atoms with Crippen LogP contribution in [0.2, 0.25) is 4.34 Å². The predicted octanol–water partition coefficient (Wildman–Crippen LogP) is 2.93. The van der Waals surface area contributed by atoms with Gasteiger partial charge in [-0.15, -0.1) is 11.3 Å². The molecule has 0 aliphatic carbocycles. The Morgan fingerprint density at radius 2 is 1.90 bits per heavy atom. The number of methoxy groups -OCH3 is 1. The van der Waals surface area contributed by atoms with Crippen molar-refractivity contribution in [2.75, 3.05) is 13.7 Å². The Hall–Kier alpha value is -1.08. The monoisotopic (exact) mass is 331 g/mol. The van der Waals surface area contributed by atoms with Gasteiger partial charge in [0.15, 0.2) is 0 Å². The minimum Gasteiger partial charge on any atom is -0.497 e. The van der Waals surface area contributed by atoms with Crippen LogP contribution in [0.1, 0.15) is 5.56 Å². The second kappa shape index (κ2) is 6.58. The molecule has 0 bridgehead atoms. The summed E-state index contributed by atoms with van der Waals surface area (Å²) in [5.74, 6) is 0.780. The van der Waals surface area contributed by atoms with Crippen molar-refractivity contribution in [3.63, 3.8) is 0 Å². The first kappa shape index (κ1) is 15.3. The molecule has 20 heavy (non-hydrogen) atoms. The fourth-order valence-electron chi connectivity index (χ4n) is 1.64. The van der Waals surface area contributed by atoms with E-state index in [0.717, 1.165) is 22.6 Å². The maximum atomic E-state index is 12.0. The highest BCUT2D eigenvalue weighted by Crippen LogP contribution is 2.25. The molecule has 1 N–H and O–H groups in total. The Bertz CT molecular complexity index is 665. The van der Waals surface area contributed by atoms with Gasteiger partial charge in [0, 0.05) is 6.54 Å². The summed E-state index contributed by atoms with van der Waals surface area (Å²) in [6, 6.07) is 10.6. The molecule has 2 rings (SSSR count). The van der Waals surface area contributed by atoms with Crippen molar-refractivity contribution < 1.29 is 13.2 Å². The summed E-state index contributed by atoms with van der Waals surface area (Å²) in [7, 11) is -1.86. The smallest absolute Gasteiger partial charge is 0.250 e. The lowest BCUT2D eigenvalue weighted by atomic mass is 10.1. The SMILES string of the molecule is COc1ccc(CCNS(=O)(=O)c2ccc(Cl)s2)cc1. The first-order valence-corrected chi connectivity index (χ1v) is 8.57. The number of ether oxygens (including phenoxy) is 1. The molecule has 2 aromatic rings. The number of benzene rings is 1. The van der Waals surface area contributed by atoms with Crippen LogP contribution in [0.15, 0.2) is 40.6 Å². The van der Waals surface area contributed by atoms with Crippen LogP contribution in [0, 0.1) is 0 Å². The van der Waals surface area contributed by atoms with Crippen LogP contribution >= 0.6 is 22.9 Å². The summed E-state index contributed by atoms with van der Waals surface area (Å²) >= 11 is 6.78. The molecule has 0 saturated heterocycles. The van der Waals surface area contributed by atoms with Crippen LogP contribution in [0.3, 0.4) is 0 Å². The number of nitrogens with one attached hydrogen (secondary N) is 1. The molecule has 0 aliphatic heterocycles. The highest BCUT2D eigenvalue weighted by molar-refractivity contribution is 7.91. The van der Waals surface area contributed by atoms with Crippen molar-refractivity contribution >= 4 is 33.0 Å². The van der Waals surface area contributed by atoms with E-state index in [0.29, 0.717) is 17.3 Å². The first-order valence-electron chi connectivity index (χ1n) is 5.89. The lowest BCUT2D eigenvalue weighted by Gasteiger charge is -2.05. The summed E-state index contributed by atoms with van der Waals surface area (Å²) in [6.45, 7) is 0.337. The molecular formula is C13H14ClNO3S2. The summed E-state index contributed by atoms with van der Waals surface area (Å²) in [5, 5.41) is 0. The maximum absolute atomic E-state index is 12.0. The Morgan fingerprint density at radius 1 is 1.20 bits per heavy atom. The van der Waals surface area contributed by atoms with Gasteiger partial charge in [-0.2, -0.15) is 0 Å². The van der Waals surface area contributed by atoms with Crippen LogP contribution in [0.5, 0.6) is 5.75 Å². The van der Waals surface area contributed by atoms with Gasteiger partial charge in [-0.05, 0) is 36.2 Å². The zero-order chi connectivity index (χ0) is 14.6. The largest absolute Gasteiger partial charge is 0.497 e. The van der Waals surface area contributed by atoms with Crippen LogP contribution in [0.4, 0.5) is 0 Å². The van der Waals surface area contributed by atoms with Gasteiger partial charge in [0.25, 0.3) is 0 Å². The molecule has 0 unspecified atom stereocenters. The van der Waals surface area contributed by atoms with E-state index in [1.54, 1.807) is 13.2 Å². The molecule has 108 valence electrons. The first-order chi connectivity index (χ1) is 9.51. The van der Waals surface area contributed by atoms with E-state index in [1.807, 2.05) is 24.3 Å². The Balaban J connectivity index is 1.91. The molecule has 0 aliphatic rings. The third-order valence-electron chi connectivity index (χ3n) is 2.68. The molecule has 0 fully saturated rings. The quantitative estimate of drug-likeness (QED) is 0.885. The van der Waals surface area contributed by atoms with Crippen LogP contribution in [0.25, 0.3) is 0 Å². The second-order valence-corrected chi connectivity index (χ2v) is 7.76. The van der Waals surface area contributed by atoms with E-state index < -0.39 is 10.0 Å². The lowest BCUT2D eigenvalue weighted by Crippen LogP contribution is -2.25. The summed E-state index contributed by atoms with van der Waals surface area (Å²) < 4.78 is 32.2. The van der Waals surface area contributed by atoms with E-state index in [1.165, 1.54) is 6.07 Å². The third kappa shape index (κ3) is 3.96. The topological polar surface area (TPSA) is 55.4 Å². The average Bonchev–Trinajstić information content (AvgIpc) is 2.87. The average molecular weight is 332 g/mol. The normalized spacial score (nSPS) is 11.5. The highest BCUT2D eigenvalue weighted by Gasteiger charge is 2.15. The minimum atomic E-state index is -3.46. The van der Waals surface area contributed by atoms with Gasteiger partial charge >= 0.3 is 0 Å². The van der Waals surface area contributed by atoms with E-state index in [4.69, 9.17) is 16.3 Å². The predicted molar refractivity (Wildman–Crippen MR) is 81.2 cm³/mol. The van der Waals surface area contributed by atoms with Gasteiger partial charge < -0.3 is 4.74 Å². The van der Waals surface area contributed by atoms with Gasteiger partial charge in [-0.25, -0.2) is 13.1 Å². The minimum absolute atomic E-state index is 0.234. The number of hydrogen-bond acceptors (Lipinski definition) is 4. The van der Waals surface area contributed by atoms with E-state index >= 15 is 0 Å². The Kier molecular flexibility index (Phi) is 5.04. The zero-order valence-corrected chi connectivity index (χ0v) is 13.2. The van der Waals surface area contributed by atoms with E-state index in [-0.39, 0.29) is 4.21 Å². The van der Waals surface area contributed by atoms with Gasteiger partial charge in [0.1, 0.15) is 9.96 Å². The number of sulfonamides is 1. The summed E-state index contributed by atoms with van der Waals surface area (Å²) in [5.41, 5.74) is 1.04. The standard InChI is InChI=1S/C13H14ClNO3S2/c1-18-11-4-2-10(3-5-11)8-9-15-20(16,17)13-7-6-12(14)19-13/h2-7,15H,8-9H2,1H3. The Morgan fingerprint density at radius 3 is 2.45 bits per heavy atom. The van der Waals surface area contributed by atoms with Crippen molar-refractivity contribution in [2.24, 2.45) is 0 Å². The number of hydrogen-bond donors (Lipinski definition) is 1. The van der Waals surface area contributed by atoms with Gasteiger partial charge in [-0.1, -0.05) is 23.7 Å². The van der Waals surface area contributed by atoms with E-state index in [9.17, 15) is 8.42 Å². The van der Waals surface area contributed by atoms with Gasteiger partial charge in [-0.3, -0.25) is 0 Å². The van der Waals surface area contributed by atoms with Crippen LogP contribution in [-0.2, 0) is 16.4 Å². The van der Waals surface area contributed by atoms with Crippen molar-refractivity contribution in [3.05, 3.63) is 46.3 Å². The molecular weight excluding hydrogens is 318 g/mol. The fraction of sp³-hybridized carbons (Fsp3) is 0.231. The summed E-state index contributed by atoms with van der Waals surface area (Å²) in [6.07, 6.45) is 0.613. The number of thiophene rings is 1. The van der Waals surface area contributed by atoms with Crippen LogP contribution in [-0.4, -0.2) is 22.1 Å². The molecule has 0 saturated carbocycles. The fourth-order valence-corrected chi connectivity index (χ4v) is 4.19. The van der Waals surface area contributed by atoms with Gasteiger partial charge in [0.2, 0.25) is 10.0 Å². The number of halogens is 1. The zero-order valence-electron chi connectivity index (χ0n) is 10.8.